The Morgan fingerprint density at radius 1 is 1.29 bits per heavy atom. The smallest absolute Gasteiger partial charge is 0.191 e. The first-order chi connectivity index (χ1) is 13.8. The van der Waals surface area contributed by atoms with E-state index in [-0.39, 0.29) is 4.75 Å². The van der Waals surface area contributed by atoms with Crippen LogP contribution in [0.1, 0.15) is 50.4 Å². The Balaban J connectivity index is 1.64. The third-order valence-electron chi connectivity index (χ3n) is 5.64. The lowest BCUT2D eigenvalue weighted by Gasteiger charge is -2.35. The van der Waals surface area contributed by atoms with Crippen LogP contribution in [0, 0.1) is 0 Å². The summed E-state index contributed by atoms with van der Waals surface area (Å²) in [6.07, 6.45) is 4.82. The maximum absolute atomic E-state index is 5.61. The van der Waals surface area contributed by atoms with Gasteiger partial charge in [0.1, 0.15) is 0 Å². The van der Waals surface area contributed by atoms with Crippen LogP contribution in [0.25, 0.3) is 0 Å². The summed E-state index contributed by atoms with van der Waals surface area (Å²) in [5.41, 5.74) is 0. The average molecular weight is 425 g/mol. The van der Waals surface area contributed by atoms with E-state index in [4.69, 9.17) is 9.73 Å². The van der Waals surface area contributed by atoms with E-state index in [0.717, 1.165) is 57.4 Å². The van der Waals surface area contributed by atoms with Gasteiger partial charge in [0.2, 0.25) is 0 Å². The van der Waals surface area contributed by atoms with Crippen molar-refractivity contribution in [1.29, 1.82) is 0 Å². The molecule has 1 aromatic heterocycles. The molecule has 2 N–H and O–H groups in total. The molecule has 2 fully saturated rings. The number of nitrogens with zero attached hydrogens (tertiary/aromatic N) is 2. The zero-order valence-corrected chi connectivity index (χ0v) is 19.0. The molecular formula is C21H36N4OS2. The molecule has 7 heteroatoms. The van der Waals surface area contributed by atoms with Gasteiger partial charge in [-0.1, -0.05) is 13.0 Å². The van der Waals surface area contributed by atoms with Gasteiger partial charge >= 0.3 is 0 Å². The standard InChI is InChI=1S/C21H36N4OS2/c1-3-22-20(24-17-21(28-4-2)9-13-26-14-10-21)23-16-18(19-8-7-15-27-19)25-11-5-6-12-25/h7-8,15,18H,3-6,9-14,16-17H2,1-2H3,(H2,22,23,24). The van der Waals surface area contributed by atoms with E-state index >= 15 is 0 Å². The summed E-state index contributed by atoms with van der Waals surface area (Å²) in [7, 11) is 0. The number of thiophene rings is 1. The molecule has 1 unspecified atom stereocenters. The molecule has 5 nitrogen and oxygen atoms in total. The van der Waals surface area contributed by atoms with Crippen molar-refractivity contribution in [3.05, 3.63) is 22.4 Å². The second-order valence-corrected chi connectivity index (χ2v) is 10.3. The Bertz CT molecular complexity index is 576. The fourth-order valence-corrected chi connectivity index (χ4v) is 6.18. The van der Waals surface area contributed by atoms with Crippen molar-refractivity contribution in [2.24, 2.45) is 4.99 Å². The lowest BCUT2D eigenvalue weighted by atomic mass is 9.99. The normalized spacial score (nSPS) is 21.6. The molecule has 3 rings (SSSR count). The molecule has 2 saturated heterocycles. The predicted molar refractivity (Wildman–Crippen MR) is 123 cm³/mol. The van der Waals surface area contributed by atoms with Gasteiger partial charge in [0.15, 0.2) is 5.96 Å². The molecule has 0 aromatic carbocycles. The van der Waals surface area contributed by atoms with Crippen LogP contribution >= 0.6 is 23.1 Å². The topological polar surface area (TPSA) is 48.9 Å². The quantitative estimate of drug-likeness (QED) is 0.467. The second-order valence-electron chi connectivity index (χ2n) is 7.58. The highest BCUT2D eigenvalue weighted by atomic mass is 32.2. The number of thioether (sulfide) groups is 1. The fraction of sp³-hybridized carbons (Fsp3) is 0.762. The molecular weight excluding hydrogens is 388 g/mol. The van der Waals surface area contributed by atoms with Crippen LogP contribution in [0.4, 0.5) is 0 Å². The molecule has 0 amide bonds. The Morgan fingerprint density at radius 3 is 2.71 bits per heavy atom. The Labute approximate surface area is 178 Å². The minimum Gasteiger partial charge on any atom is -0.381 e. The van der Waals surface area contributed by atoms with Crippen LogP contribution in [-0.2, 0) is 4.74 Å². The SMILES string of the molecule is CCNC(=NCC1(SCC)CCOCC1)NCC(c1cccs1)N1CCCC1. The predicted octanol–water partition coefficient (Wildman–Crippen LogP) is 3.74. The van der Waals surface area contributed by atoms with Gasteiger partial charge in [-0.25, -0.2) is 0 Å². The van der Waals surface area contributed by atoms with Crippen LogP contribution in [0.15, 0.2) is 22.5 Å². The van der Waals surface area contributed by atoms with Gasteiger partial charge in [-0.05, 0) is 62.9 Å². The molecule has 1 aromatic rings. The third-order valence-corrected chi connectivity index (χ3v) is 8.05. The summed E-state index contributed by atoms with van der Waals surface area (Å²) < 4.78 is 5.84. The van der Waals surface area contributed by atoms with E-state index in [1.807, 2.05) is 11.3 Å². The number of hydrogen-bond donors (Lipinski definition) is 2. The summed E-state index contributed by atoms with van der Waals surface area (Å²) in [5.74, 6) is 2.08. The first kappa shape index (κ1) is 21.9. The lowest BCUT2D eigenvalue weighted by molar-refractivity contribution is 0.0793. The second kappa shape index (κ2) is 11.4. The molecule has 0 bridgehead atoms. The van der Waals surface area contributed by atoms with E-state index in [1.165, 1.54) is 30.8 Å². The maximum atomic E-state index is 5.61. The van der Waals surface area contributed by atoms with E-state index in [0.29, 0.717) is 6.04 Å². The van der Waals surface area contributed by atoms with E-state index < -0.39 is 0 Å². The molecule has 1 atom stereocenters. The summed E-state index contributed by atoms with van der Waals surface area (Å²) in [5, 5.41) is 9.29. The van der Waals surface area contributed by atoms with Gasteiger partial charge in [0.25, 0.3) is 0 Å². The maximum Gasteiger partial charge on any atom is 0.191 e. The number of likely N-dealkylation sites (tertiary alicyclic amines) is 1. The monoisotopic (exact) mass is 424 g/mol. The van der Waals surface area contributed by atoms with Crippen molar-refractivity contribution in [3.63, 3.8) is 0 Å². The number of guanidine groups is 1. The summed E-state index contributed by atoms with van der Waals surface area (Å²) >= 11 is 3.92. The highest BCUT2D eigenvalue weighted by molar-refractivity contribution is 8.00. The van der Waals surface area contributed by atoms with E-state index in [9.17, 15) is 0 Å². The van der Waals surface area contributed by atoms with Gasteiger partial charge in [0, 0.05) is 35.9 Å². The minimum atomic E-state index is 0.234. The van der Waals surface area contributed by atoms with Gasteiger partial charge in [-0.3, -0.25) is 9.89 Å². The zero-order valence-electron chi connectivity index (χ0n) is 17.4. The largest absolute Gasteiger partial charge is 0.381 e. The lowest BCUT2D eigenvalue weighted by Crippen LogP contribution is -2.44. The van der Waals surface area contributed by atoms with Crippen LogP contribution in [0.5, 0.6) is 0 Å². The van der Waals surface area contributed by atoms with Crippen molar-refractivity contribution in [2.45, 2.75) is 50.3 Å². The zero-order chi connectivity index (χ0) is 19.7. The number of aliphatic imine (C=N–C) groups is 1. The molecule has 0 saturated carbocycles. The van der Waals surface area contributed by atoms with Crippen molar-refractivity contribution in [3.8, 4) is 0 Å². The van der Waals surface area contributed by atoms with E-state index in [1.54, 1.807) is 0 Å². The van der Waals surface area contributed by atoms with Crippen LogP contribution < -0.4 is 10.6 Å². The Kier molecular flexibility index (Phi) is 8.96. The van der Waals surface area contributed by atoms with Gasteiger partial charge < -0.3 is 15.4 Å². The highest BCUT2D eigenvalue weighted by Crippen LogP contribution is 2.35. The summed E-state index contributed by atoms with van der Waals surface area (Å²) in [6, 6.07) is 4.88. The molecule has 0 spiro atoms. The molecule has 0 radical (unpaired) electrons. The Morgan fingerprint density at radius 2 is 2.07 bits per heavy atom. The molecule has 0 aliphatic carbocycles. The molecule has 3 heterocycles. The van der Waals surface area contributed by atoms with Crippen molar-refractivity contribution in [2.75, 3.05) is 51.7 Å². The number of rotatable bonds is 9. The molecule has 2 aliphatic heterocycles. The summed E-state index contributed by atoms with van der Waals surface area (Å²) in [4.78, 5) is 9.08. The Hall–Kier alpha value is -0.760. The number of hydrogen-bond acceptors (Lipinski definition) is 5. The van der Waals surface area contributed by atoms with Crippen LogP contribution in [-0.4, -0.2) is 67.3 Å². The van der Waals surface area contributed by atoms with Gasteiger partial charge in [0.05, 0.1) is 12.6 Å². The van der Waals surface area contributed by atoms with Gasteiger partial charge in [-0.15, -0.1) is 11.3 Å². The van der Waals surface area contributed by atoms with Gasteiger partial charge in [-0.2, -0.15) is 11.8 Å². The molecule has 28 heavy (non-hydrogen) atoms. The van der Waals surface area contributed by atoms with Crippen LogP contribution in [0.3, 0.4) is 0 Å². The third kappa shape index (κ3) is 6.12. The fourth-order valence-electron chi connectivity index (χ4n) is 4.10. The number of ether oxygens (including phenoxy) is 1. The highest BCUT2D eigenvalue weighted by Gasteiger charge is 2.32. The molecule has 158 valence electrons. The van der Waals surface area contributed by atoms with Crippen molar-refractivity contribution in [1.82, 2.24) is 15.5 Å². The van der Waals surface area contributed by atoms with Crippen LogP contribution in [0.2, 0.25) is 0 Å². The first-order valence-corrected chi connectivity index (χ1v) is 12.6. The first-order valence-electron chi connectivity index (χ1n) is 10.8. The van der Waals surface area contributed by atoms with E-state index in [2.05, 4.69) is 58.7 Å². The summed E-state index contributed by atoms with van der Waals surface area (Å²) in [6.45, 7) is 11.2. The number of nitrogens with one attached hydrogen (secondary N) is 2. The van der Waals surface area contributed by atoms with Crippen molar-refractivity contribution >= 4 is 29.1 Å². The minimum absolute atomic E-state index is 0.234. The van der Waals surface area contributed by atoms with Crippen molar-refractivity contribution < 1.29 is 4.74 Å². The molecule has 2 aliphatic rings. The average Bonchev–Trinajstić information content (AvgIpc) is 3.42.